The van der Waals surface area contributed by atoms with Crippen molar-refractivity contribution in [1.29, 1.82) is 0 Å². The maximum Gasteiger partial charge on any atom is 0.345 e. The topological polar surface area (TPSA) is 73.8 Å². The number of carbonyl (C=O) groups is 1. The van der Waals surface area contributed by atoms with Crippen molar-refractivity contribution in [2.24, 2.45) is 0 Å². The number of anilines is 2. The van der Waals surface area contributed by atoms with Gasteiger partial charge < -0.3 is 19.1 Å². The lowest BCUT2D eigenvalue weighted by molar-refractivity contribution is 0.0519. The van der Waals surface area contributed by atoms with E-state index in [1.54, 1.807) is 26.2 Å². The summed E-state index contributed by atoms with van der Waals surface area (Å²) in [4.78, 5) is 23.6. The highest BCUT2D eigenvalue weighted by Crippen LogP contribution is 2.37. The zero-order chi connectivity index (χ0) is 22.7. The Bertz CT molecular complexity index is 1140. The Morgan fingerprint density at radius 1 is 1.25 bits per heavy atom. The van der Waals surface area contributed by atoms with E-state index in [2.05, 4.69) is 27.9 Å². The number of hydrogen-bond acceptors (Lipinski definition) is 7. The molecule has 0 saturated carbocycles. The number of fused-ring (bicyclic) bond motifs is 1. The Hall–Kier alpha value is -3.32. The van der Waals surface area contributed by atoms with Gasteiger partial charge in [0, 0.05) is 17.3 Å². The summed E-state index contributed by atoms with van der Waals surface area (Å²) in [6, 6.07) is 13.6. The highest BCUT2D eigenvalue weighted by Gasteiger charge is 2.30. The molecule has 0 saturated heterocycles. The molecule has 166 valence electrons. The minimum absolute atomic E-state index is 0.123. The summed E-state index contributed by atoms with van der Waals surface area (Å²) in [5.74, 6) is 0.727. The van der Waals surface area contributed by atoms with Crippen LogP contribution in [0.15, 0.2) is 48.7 Å². The molecule has 0 aliphatic carbocycles. The first-order chi connectivity index (χ1) is 15.5. The smallest absolute Gasteiger partial charge is 0.345 e. The SMILES string of the molecule is CCOC(=O)c1cnc(N2c3ccccc3C[C@H]2C)nc1OCc1ccc(OC)cc1Cl. The summed E-state index contributed by atoms with van der Waals surface area (Å²) < 4.78 is 16.3. The predicted octanol–water partition coefficient (Wildman–Crippen LogP) is 4.98. The molecule has 1 aliphatic rings. The second-order valence-corrected chi connectivity index (χ2v) is 7.81. The number of para-hydroxylation sites is 1. The average molecular weight is 454 g/mol. The lowest BCUT2D eigenvalue weighted by Gasteiger charge is -2.23. The van der Waals surface area contributed by atoms with Crippen molar-refractivity contribution in [3.05, 3.63) is 70.4 Å². The number of hydrogen-bond donors (Lipinski definition) is 0. The molecular formula is C24H24ClN3O4. The monoisotopic (exact) mass is 453 g/mol. The summed E-state index contributed by atoms with van der Waals surface area (Å²) in [5.41, 5.74) is 3.18. The van der Waals surface area contributed by atoms with Gasteiger partial charge in [-0.1, -0.05) is 35.9 Å². The van der Waals surface area contributed by atoms with Crippen LogP contribution >= 0.6 is 11.6 Å². The number of nitrogens with zero attached hydrogens (tertiary/aromatic N) is 3. The summed E-state index contributed by atoms with van der Waals surface area (Å²) in [5, 5.41) is 0.499. The molecule has 0 radical (unpaired) electrons. The number of benzene rings is 2. The van der Waals surface area contributed by atoms with E-state index >= 15 is 0 Å². The number of ether oxygens (including phenoxy) is 3. The van der Waals surface area contributed by atoms with Gasteiger partial charge in [0.2, 0.25) is 11.8 Å². The largest absolute Gasteiger partial charge is 0.497 e. The highest BCUT2D eigenvalue weighted by molar-refractivity contribution is 6.31. The first kappa shape index (κ1) is 21.9. The van der Waals surface area contributed by atoms with Gasteiger partial charge in [-0.25, -0.2) is 9.78 Å². The van der Waals surface area contributed by atoms with E-state index in [9.17, 15) is 4.79 Å². The van der Waals surface area contributed by atoms with E-state index in [1.165, 1.54) is 11.8 Å². The summed E-state index contributed by atoms with van der Waals surface area (Å²) in [6.07, 6.45) is 2.34. The molecule has 0 bridgehead atoms. The van der Waals surface area contributed by atoms with Gasteiger partial charge in [-0.05, 0) is 44.0 Å². The lowest BCUT2D eigenvalue weighted by Crippen LogP contribution is -2.26. The van der Waals surface area contributed by atoms with Crippen LogP contribution in [0.25, 0.3) is 0 Å². The van der Waals surface area contributed by atoms with Crippen LogP contribution < -0.4 is 14.4 Å². The van der Waals surface area contributed by atoms with Gasteiger partial charge in [-0.2, -0.15) is 4.98 Å². The standard InChI is InChI=1S/C24H24ClN3O4/c1-4-31-23(29)19-13-26-24(28-15(2)11-16-7-5-6-8-21(16)28)27-22(19)32-14-17-9-10-18(30-3)12-20(17)25/h5-10,12-13,15H,4,11,14H2,1-3H3/t15-/m1/s1. The van der Waals surface area contributed by atoms with Gasteiger partial charge in [-0.3, -0.25) is 0 Å². The molecule has 7 nitrogen and oxygen atoms in total. The second-order valence-electron chi connectivity index (χ2n) is 7.41. The molecule has 0 unspecified atom stereocenters. The van der Waals surface area contributed by atoms with Crippen LogP contribution in [0.4, 0.5) is 11.6 Å². The first-order valence-corrected chi connectivity index (χ1v) is 10.8. The molecule has 1 aliphatic heterocycles. The van der Waals surface area contributed by atoms with Crippen LogP contribution in [0.1, 0.15) is 35.3 Å². The van der Waals surface area contributed by atoms with Crippen molar-refractivity contribution >= 4 is 29.2 Å². The van der Waals surface area contributed by atoms with E-state index in [1.807, 2.05) is 24.3 Å². The maximum atomic E-state index is 12.5. The molecule has 0 spiro atoms. The van der Waals surface area contributed by atoms with E-state index < -0.39 is 5.97 Å². The summed E-state index contributed by atoms with van der Waals surface area (Å²) in [6.45, 7) is 4.21. The third-order valence-corrected chi connectivity index (χ3v) is 5.64. The number of esters is 1. The summed E-state index contributed by atoms with van der Waals surface area (Å²) in [7, 11) is 1.58. The van der Waals surface area contributed by atoms with Crippen LogP contribution in [0.5, 0.6) is 11.6 Å². The Balaban J connectivity index is 1.67. The normalized spacial score (nSPS) is 14.8. The minimum atomic E-state index is -0.537. The molecule has 32 heavy (non-hydrogen) atoms. The molecule has 0 fully saturated rings. The first-order valence-electron chi connectivity index (χ1n) is 10.4. The molecule has 8 heteroatoms. The van der Waals surface area contributed by atoms with Crippen LogP contribution in [0.2, 0.25) is 5.02 Å². The van der Waals surface area contributed by atoms with Gasteiger partial charge in [0.05, 0.1) is 24.9 Å². The summed E-state index contributed by atoms with van der Waals surface area (Å²) >= 11 is 6.34. The van der Waals surface area contributed by atoms with Gasteiger partial charge >= 0.3 is 5.97 Å². The van der Waals surface area contributed by atoms with Gasteiger partial charge in [0.1, 0.15) is 17.9 Å². The fourth-order valence-electron chi connectivity index (χ4n) is 3.72. The maximum absolute atomic E-state index is 12.5. The number of halogens is 1. The van der Waals surface area contributed by atoms with E-state index in [0.717, 1.165) is 17.7 Å². The quantitative estimate of drug-likeness (QED) is 0.467. The number of rotatable bonds is 7. The molecule has 1 atom stereocenters. The highest BCUT2D eigenvalue weighted by atomic mass is 35.5. The van der Waals surface area contributed by atoms with Crippen molar-refractivity contribution in [3.63, 3.8) is 0 Å². The fourth-order valence-corrected chi connectivity index (χ4v) is 3.95. The van der Waals surface area contributed by atoms with E-state index in [4.69, 9.17) is 25.8 Å². The zero-order valence-electron chi connectivity index (χ0n) is 18.2. The Morgan fingerprint density at radius 2 is 2.06 bits per heavy atom. The third-order valence-electron chi connectivity index (χ3n) is 5.28. The van der Waals surface area contributed by atoms with Gasteiger partial charge in [-0.15, -0.1) is 0 Å². The van der Waals surface area contributed by atoms with Crippen molar-refractivity contribution < 1.29 is 19.0 Å². The van der Waals surface area contributed by atoms with E-state index in [-0.39, 0.29) is 30.7 Å². The molecule has 1 aromatic heterocycles. The number of aromatic nitrogens is 2. The molecular weight excluding hydrogens is 430 g/mol. The predicted molar refractivity (Wildman–Crippen MR) is 122 cm³/mol. The van der Waals surface area contributed by atoms with E-state index in [0.29, 0.717) is 16.7 Å². The third kappa shape index (κ3) is 4.34. The van der Waals surface area contributed by atoms with Crippen LogP contribution in [-0.2, 0) is 17.8 Å². The molecule has 3 aromatic rings. The minimum Gasteiger partial charge on any atom is -0.497 e. The van der Waals surface area contributed by atoms with Crippen molar-refractivity contribution in [2.45, 2.75) is 32.9 Å². The Kier molecular flexibility index (Phi) is 6.46. The van der Waals surface area contributed by atoms with Crippen LogP contribution in [-0.4, -0.2) is 35.7 Å². The van der Waals surface area contributed by atoms with Crippen molar-refractivity contribution in [1.82, 2.24) is 9.97 Å². The van der Waals surface area contributed by atoms with Crippen molar-refractivity contribution in [3.8, 4) is 11.6 Å². The van der Waals surface area contributed by atoms with Crippen molar-refractivity contribution in [2.75, 3.05) is 18.6 Å². The second kappa shape index (κ2) is 9.44. The number of methoxy groups -OCH3 is 1. The lowest BCUT2D eigenvalue weighted by atomic mass is 10.1. The Labute approximate surface area is 191 Å². The average Bonchev–Trinajstić information content (AvgIpc) is 3.13. The van der Waals surface area contributed by atoms with Crippen LogP contribution in [0, 0.1) is 0 Å². The number of carbonyl (C=O) groups excluding carboxylic acids is 1. The van der Waals surface area contributed by atoms with Gasteiger partial charge in [0.25, 0.3) is 0 Å². The molecule has 4 rings (SSSR count). The fraction of sp³-hybridized carbons (Fsp3) is 0.292. The van der Waals surface area contributed by atoms with Crippen LogP contribution in [0.3, 0.4) is 0 Å². The van der Waals surface area contributed by atoms with Gasteiger partial charge in [0.15, 0.2) is 0 Å². The zero-order valence-corrected chi connectivity index (χ0v) is 18.9. The molecule has 0 N–H and O–H groups in total. The molecule has 0 amide bonds. The molecule has 2 aromatic carbocycles. The molecule has 2 heterocycles. The Morgan fingerprint density at radius 3 is 2.81 bits per heavy atom.